The second kappa shape index (κ2) is 6.12. The van der Waals surface area contributed by atoms with Crippen LogP contribution in [0.25, 0.3) is 11.0 Å². The molecule has 1 aromatic heterocycles. The summed E-state index contributed by atoms with van der Waals surface area (Å²) in [6.45, 7) is 1.90. The number of aliphatic hydroxyl groups excluding tert-OH is 1. The molecular weight excluding hydrogens is 274 g/mol. The zero-order valence-electron chi connectivity index (χ0n) is 11.4. The number of benzene rings is 1. The Labute approximate surface area is 123 Å². The van der Waals surface area contributed by atoms with Gasteiger partial charge in [0.15, 0.2) is 0 Å². The third-order valence-electron chi connectivity index (χ3n) is 4.05. The molecule has 1 aromatic carbocycles. The van der Waals surface area contributed by atoms with Crippen molar-refractivity contribution in [3.8, 4) is 0 Å². The van der Waals surface area contributed by atoms with Crippen molar-refractivity contribution in [2.75, 3.05) is 6.54 Å². The number of imidazole rings is 1. The van der Waals surface area contributed by atoms with Gasteiger partial charge in [-0.25, -0.2) is 4.98 Å². The minimum atomic E-state index is -0.202. The lowest BCUT2D eigenvalue weighted by atomic mass is 9.97. The highest BCUT2D eigenvalue weighted by atomic mass is 35.5. The highest BCUT2D eigenvalue weighted by Gasteiger charge is 2.21. The first-order chi connectivity index (χ1) is 9.75. The van der Waals surface area contributed by atoms with Crippen LogP contribution in [0.4, 0.5) is 0 Å². The second-order valence-electron chi connectivity index (χ2n) is 5.46. The van der Waals surface area contributed by atoms with E-state index in [0.29, 0.717) is 0 Å². The van der Waals surface area contributed by atoms with Crippen LogP contribution in [0.1, 0.15) is 25.7 Å². The van der Waals surface area contributed by atoms with Crippen molar-refractivity contribution in [1.29, 1.82) is 0 Å². The van der Waals surface area contributed by atoms with Crippen LogP contribution in [0.2, 0.25) is 5.02 Å². The van der Waals surface area contributed by atoms with Gasteiger partial charge in [0.05, 0.1) is 28.5 Å². The van der Waals surface area contributed by atoms with Gasteiger partial charge in [0.1, 0.15) is 0 Å². The zero-order valence-corrected chi connectivity index (χ0v) is 12.2. The maximum absolute atomic E-state index is 9.94. The molecule has 1 aliphatic heterocycles. The molecule has 0 unspecified atom stereocenters. The Morgan fingerprint density at radius 1 is 1.45 bits per heavy atom. The van der Waals surface area contributed by atoms with Crippen molar-refractivity contribution in [2.24, 2.45) is 0 Å². The maximum atomic E-state index is 9.94. The van der Waals surface area contributed by atoms with Crippen molar-refractivity contribution in [1.82, 2.24) is 14.9 Å². The molecule has 2 aromatic rings. The minimum absolute atomic E-state index is 0.202. The van der Waals surface area contributed by atoms with E-state index < -0.39 is 0 Å². The molecule has 0 amide bonds. The summed E-state index contributed by atoms with van der Waals surface area (Å²) in [6.07, 6.45) is 5.61. The van der Waals surface area contributed by atoms with Crippen LogP contribution in [0.15, 0.2) is 24.5 Å². The van der Waals surface area contributed by atoms with Gasteiger partial charge >= 0.3 is 0 Å². The number of nitrogens with zero attached hydrogens (tertiary/aromatic N) is 2. The van der Waals surface area contributed by atoms with Gasteiger partial charge in [0.25, 0.3) is 0 Å². The highest BCUT2D eigenvalue weighted by molar-refractivity contribution is 6.34. The van der Waals surface area contributed by atoms with E-state index in [-0.39, 0.29) is 12.1 Å². The van der Waals surface area contributed by atoms with Crippen LogP contribution in [0, 0.1) is 0 Å². The Kier molecular flexibility index (Phi) is 4.24. The van der Waals surface area contributed by atoms with E-state index >= 15 is 0 Å². The van der Waals surface area contributed by atoms with Gasteiger partial charge in [-0.2, -0.15) is 0 Å². The Morgan fingerprint density at radius 3 is 3.20 bits per heavy atom. The fourth-order valence-electron chi connectivity index (χ4n) is 2.96. The molecular formula is C15H20ClN3O. The number of piperidine rings is 1. The van der Waals surface area contributed by atoms with E-state index in [1.165, 1.54) is 0 Å². The molecule has 0 radical (unpaired) electrons. The van der Waals surface area contributed by atoms with E-state index in [9.17, 15) is 5.11 Å². The van der Waals surface area contributed by atoms with Crippen molar-refractivity contribution < 1.29 is 5.11 Å². The van der Waals surface area contributed by atoms with E-state index in [2.05, 4.69) is 14.9 Å². The molecule has 1 saturated heterocycles. The topological polar surface area (TPSA) is 50.1 Å². The monoisotopic (exact) mass is 293 g/mol. The number of hydrogen-bond acceptors (Lipinski definition) is 3. The highest BCUT2D eigenvalue weighted by Crippen LogP contribution is 2.23. The SMILES string of the molecule is O[C@H]1CCCN[C@@H]1CCCn1cnc2cccc(Cl)c21. The largest absolute Gasteiger partial charge is 0.392 e. The first-order valence-electron chi connectivity index (χ1n) is 7.26. The summed E-state index contributed by atoms with van der Waals surface area (Å²) < 4.78 is 2.10. The molecule has 2 heterocycles. The average Bonchev–Trinajstić information content (AvgIpc) is 2.86. The predicted octanol–water partition coefficient (Wildman–Crippen LogP) is 2.58. The molecule has 4 nitrogen and oxygen atoms in total. The number of aliphatic hydroxyl groups is 1. The number of aryl methyl sites for hydroxylation is 1. The van der Waals surface area contributed by atoms with Gasteiger partial charge in [0.2, 0.25) is 0 Å². The molecule has 0 saturated carbocycles. The molecule has 0 aliphatic carbocycles. The van der Waals surface area contributed by atoms with Crippen LogP contribution >= 0.6 is 11.6 Å². The Bertz CT molecular complexity index is 584. The van der Waals surface area contributed by atoms with Crippen LogP contribution in [0.5, 0.6) is 0 Å². The molecule has 2 atom stereocenters. The van der Waals surface area contributed by atoms with Gasteiger partial charge in [-0.1, -0.05) is 17.7 Å². The van der Waals surface area contributed by atoms with Gasteiger partial charge in [-0.05, 0) is 44.4 Å². The smallest absolute Gasteiger partial charge is 0.0958 e. The number of para-hydroxylation sites is 1. The van der Waals surface area contributed by atoms with Crippen LogP contribution in [0.3, 0.4) is 0 Å². The van der Waals surface area contributed by atoms with E-state index in [0.717, 1.165) is 54.8 Å². The quantitative estimate of drug-likeness (QED) is 0.911. The normalized spacial score (nSPS) is 23.3. The summed E-state index contributed by atoms with van der Waals surface area (Å²) in [5, 5.41) is 14.1. The van der Waals surface area contributed by atoms with E-state index in [1.54, 1.807) is 0 Å². The second-order valence-corrected chi connectivity index (χ2v) is 5.87. The van der Waals surface area contributed by atoms with Gasteiger partial charge < -0.3 is 15.0 Å². The Balaban J connectivity index is 1.62. The summed E-state index contributed by atoms with van der Waals surface area (Å²) >= 11 is 6.24. The first-order valence-corrected chi connectivity index (χ1v) is 7.64. The van der Waals surface area contributed by atoms with Crippen molar-refractivity contribution in [3.05, 3.63) is 29.5 Å². The standard InChI is InChI=1S/C15H20ClN3O/c16-11-4-1-5-13-15(11)19(10-18-13)9-3-6-12-14(20)7-2-8-17-12/h1,4-5,10,12,14,17,20H,2-3,6-9H2/t12-,14+/m1/s1. The van der Waals surface area contributed by atoms with E-state index in [1.807, 2.05) is 24.5 Å². The molecule has 2 N–H and O–H groups in total. The summed E-state index contributed by atoms with van der Waals surface area (Å²) in [5.41, 5.74) is 1.94. The molecule has 1 aliphatic rings. The van der Waals surface area contributed by atoms with Crippen LogP contribution < -0.4 is 5.32 Å². The Hall–Kier alpha value is -1.10. The van der Waals surface area contributed by atoms with Crippen molar-refractivity contribution >= 4 is 22.6 Å². The number of fused-ring (bicyclic) bond motifs is 1. The van der Waals surface area contributed by atoms with Crippen LogP contribution in [-0.2, 0) is 6.54 Å². The molecule has 0 bridgehead atoms. The average molecular weight is 294 g/mol. The molecule has 20 heavy (non-hydrogen) atoms. The van der Waals surface area contributed by atoms with Crippen LogP contribution in [-0.4, -0.2) is 33.3 Å². The third-order valence-corrected chi connectivity index (χ3v) is 4.36. The van der Waals surface area contributed by atoms with Gasteiger partial charge in [-0.15, -0.1) is 0 Å². The summed E-state index contributed by atoms with van der Waals surface area (Å²) in [7, 11) is 0. The first kappa shape index (κ1) is 13.9. The number of aromatic nitrogens is 2. The Morgan fingerprint density at radius 2 is 2.35 bits per heavy atom. The minimum Gasteiger partial charge on any atom is -0.392 e. The predicted molar refractivity (Wildman–Crippen MR) is 81.0 cm³/mol. The van der Waals surface area contributed by atoms with E-state index in [4.69, 9.17) is 11.6 Å². The molecule has 0 spiro atoms. The van der Waals surface area contributed by atoms with Crippen molar-refractivity contribution in [3.63, 3.8) is 0 Å². The van der Waals surface area contributed by atoms with Gasteiger partial charge in [-0.3, -0.25) is 0 Å². The van der Waals surface area contributed by atoms with Crippen molar-refractivity contribution in [2.45, 2.75) is 44.4 Å². The number of halogens is 1. The zero-order chi connectivity index (χ0) is 13.9. The fourth-order valence-corrected chi connectivity index (χ4v) is 3.24. The van der Waals surface area contributed by atoms with Gasteiger partial charge in [0, 0.05) is 12.6 Å². The summed E-state index contributed by atoms with van der Waals surface area (Å²) in [4.78, 5) is 4.37. The summed E-state index contributed by atoms with van der Waals surface area (Å²) in [6, 6.07) is 6.03. The lowest BCUT2D eigenvalue weighted by molar-refractivity contribution is 0.0909. The summed E-state index contributed by atoms with van der Waals surface area (Å²) in [5.74, 6) is 0. The maximum Gasteiger partial charge on any atom is 0.0958 e. The molecule has 5 heteroatoms. The fraction of sp³-hybridized carbons (Fsp3) is 0.533. The molecule has 3 rings (SSSR count). The lowest BCUT2D eigenvalue weighted by Gasteiger charge is -2.29. The lowest BCUT2D eigenvalue weighted by Crippen LogP contribution is -2.44. The third kappa shape index (κ3) is 2.82. The number of rotatable bonds is 4. The number of hydrogen-bond donors (Lipinski definition) is 2. The molecule has 1 fully saturated rings. The number of nitrogens with one attached hydrogen (secondary N) is 1. The molecule has 108 valence electrons.